The first kappa shape index (κ1) is 20.8. The van der Waals surface area contributed by atoms with Gasteiger partial charge in [-0.05, 0) is 31.0 Å². The fourth-order valence-corrected chi connectivity index (χ4v) is 2.14. The Balaban J connectivity index is 2.94. The number of esters is 1. The molecule has 9 heteroatoms. The van der Waals surface area contributed by atoms with Gasteiger partial charge in [-0.3, -0.25) is 10.1 Å². The number of carbonyl (C=O) groups excluding carboxylic acids is 2. The standard InChI is InChI=1S/C16H21F3N2O4/c1-4-25-14(23)15(16(17,18)19,21-11(2)22)20-10-9-12-5-7-13(24-3)8-6-12/h5-8,20H,4,9-10H2,1-3H3,(H,21,22)/t15-/m1/s1. The van der Waals surface area contributed by atoms with E-state index in [-0.39, 0.29) is 19.6 Å². The van der Waals surface area contributed by atoms with Gasteiger partial charge >= 0.3 is 12.1 Å². The Kier molecular flexibility index (Phi) is 7.22. The number of halogens is 3. The average molecular weight is 362 g/mol. The van der Waals surface area contributed by atoms with Crippen LogP contribution < -0.4 is 15.4 Å². The van der Waals surface area contributed by atoms with E-state index in [1.54, 1.807) is 29.6 Å². The molecule has 0 spiro atoms. The molecule has 140 valence electrons. The third-order valence-corrected chi connectivity index (χ3v) is 3.33. The van der Waals surface area contributed by atoms with Gasteiger partial charge in [-0.15, -0.1) is 0 Å². The molecule has 0 saturated heterocycles. The third kappa shape index (κ3) is 5.35. The van der Waals surface area contributed by atoms with E-state index in [1.165, 1.54) is 14.0 Å². The van der Waals surface area contributed by atoms with Crippen molar-refractivity contribution in [2.75, 3.05) is 20.3 Å². The Labute approximate surface area is 143 Å². The van der Waals surface area contributed by atoms with E-state index in [4.69, 9.17) is 4.74 Å². The van der Waals surface area contributed by atoms with Crippen molar-refractivity contribution in [3.05, 3.63) is 29.8 Å². The van der Waals surface area contributed by atoms with Gasteiger partial charge in [0.25, 0.3) is 5.66 Å². The van der Waals surface area contributed by atoms with Gasteiger partial charge in [-0.1, -0.05) is 12.1 Å². The molecule has 0 radical (unpaired) electrons. The highest BCUT2D eigenvalue weighted by Crippen LogP contribution is 2.30. The van der Waals surface area contributed by atoms with Crippen LogP contribution in [0.1, 0.15) is 19.4 Å². The number of hydrogen-bond acceptors (Lipinski definition) is 5. The first-order valence-electron chi connectivity index (χ1n) is 7.57. The summed E-state index contributed by atoms with van der Waals surface area (Å²) in [4.78, 5) is 23.2. The van der Waals surface area contributed by atoms with Gasteiger partial charge in [0.15, 0.2) is 0 Å². The number of rotatable bonds is 8. The number of hydrogen-bond donors (Lipinski definition) is 2. The summed E-state index contributed by atoms with van der Waals surface area (Å²) in [5.41, 5.74) is -2.56. The molecule has 25 heavy (non-hydrogen) atoms. The maximum Gasteiger partial charge on any atom is 0.436 e. The van der Waals surface area contributed by atoms with Crippen molar-refractivity contribution in [1.82, 2.24) is 10.6 Å². The molecule has 0 saturated carbocycles. The van der Waals surface area contributed by atoms with E-state index in [2.05, 4.69) is 10.1 Å². The number of carbonyl (C=O) groups is 2. The summed E-state index contributed by atoms with van der Waals surface area (Å²) in [6.07, 6.45) is -4.88. The van der Waals surface area contributed by atoms with E-state index < -0.39 is 23.7 Å². The molecule has 6 nitrogen and oxygen atoms in total. The Morgan fingerprint density at radius 1 is 1.16 bits per heavy atom. The second-order valence-electron chi connectivity index (χ2n) is 5.17. The second kappa shape index (κ2) is 8.70. The minimum Gasteiger partial charge on any atom is -0.497 e. The molecule has 0 fully saturated rings. The summed E-state index contributed by atoms with van der Waals surface area (Å²) in [5, 5.41) is 3.76. The van der Waals surface area contributed by atoms with Gasteiger partial charge in [0.1, 0.15) is 5.75 Å². The van der Waals surface area contributed by atoms with Gasteiger partial charge in [-0.2, -0.15) is 13.2 Å². The molecule has 1 amide bonds. The second-order valence-corrected chi connectivity index (χ2v) is 5.17. The zero-order valence-corrected chi connectivity index (χ0v) is 14.2. The molecule has 0 unspecified atom stereocenters. The molecule has 1 rings (SSSR count). The lowest BCUT2D eigenvalue weighted by Crippen LogP contribution is -2.72. The summed E-state index contributed by atoms with van der Waals surface area (Å²) in [6, 6.07) is 6.73. The number of methoxy groups -OCH3 is 1. The Bertz CT molecular complexity index is 590. The smallest absolute Gasteiger partial charge is 0.436 e. The fraction of sp³-hybridized carbons (Fsp3) is 0.500. The van der Waals surface area contributed by atoms with Crippen LogP contribution in [0.3, 0.4) is 0 Å². The lowest BCUT2D eigenvalue weighted by atomic mass is 10.1. The van der Waals surface area contributed by atoms with Crippen LogP contribution in [-0.4, -0.2) is 44.0 Å². The molecule has 1 aromatic rings. The minimum atomic E-state index is -5.08. The first-order chi connectivity index (χ1) is 11.7. The van der Waals surface area contributed by atoms with Crippen molar-refractivity contribution < 1.29 is 32.2 Å². The lowest BCUT2D eigenvalue weighted by molar-refractivity contribution is -0.221. The van der Waals surface area contributed by atoms with Crippen LogP contribution in [0.2, 0.25) is 0 Å². The van der Waals surface area contributed by atoms with Crippen molar-refractivity contribution in [2.45, 2.75) is 32.1 Å². The van der Waals surface area contributed by atoms with Crippen molar-refractivity contribution in [2.24, 2.45) is 0 Å². The SMILES string of the molecule is CCOC(=O)[C@@](NCCc1ccc(OC)cc1)(NC(C)=O)C(F)(F)F. The number of ether oxygens (including phenoxy) is 2. The Hall–Kier alpha value is -2.29. The van der Waals surface area contributed by atoms with E-state index in [9.17, 15) is 22.8 Å². The van der Waals surface area contributed by atoms with Crippen LogP contribution >= 0.6 is 0 Å². The number of nitrogens with one attached hydrogen (secondary N) is 2. The third-order valence-electron chi connectivity index (χ3n) is 3.33. The highest BCUT2D eigenvalue weighted by molar-refractivity contribution is 5.87. The largest absolute Gasteiger partial charge is 0.497 e. The zero-order valence-electron chi connectivity index (χ0n) is 14.2. The highest BCUT2D eigenvalue weighted by Gasteiger charge is 2.62. The zero-order chi connectivity index (χ0) is 19.1. The van der Waals surface area contributed by atoms with Gasteiger partial charge in [-0.25, -0.2) is 4.79 Å². The summed E-state index contributed by atoms with van der Waals surface area (Å²) >= 11 is 0. The molecule has 0 heterocycles. The number of alkyl halides is 3. The van der Waals surface area contributed by atoms with Crippen LogP contribution in [0, 0.1) is 0 Å². The van der Waals surface area contributed by atoms with Crippen LogP contribution in [0.25, 0.3) is 0 Å². The van der Waals surface area contributed by atoms with E-state index >= 15 is 0 Å². The average Bonchev–Trinajstić information content (AvgIpc) is 2.53. The normalized spacial score (nSPS) is 13.7. The number of benzene rings is 1. The van der Waals surface area contributed by atoms with Gasteiger partial charge in [0.2, 0.25) is 5.91 Å². The first-order valence-corrected chi connectivity index (χ1v) is 7.57. The van der Waals surface area contributed by atoms with Crippen molar-refractivity contribution in [3.63, 3.8) is 0 Å². The summed E-state index contributed by atoms with van der Waals surface area (Å²) in [5.74, 6) is -2.00. The predicted octanol–water partition coefficient (Wildman–Crippen LogP) is 1.79. The van der Waals surface area contributed by atoms with E-state index in [0.717, 1.165) is 12.5 Å². The lowest BCUT2D eigenvalue weighted by Gasteiger charge is -2.34. The maximum atomic E-state index is 13.5. The number of amides is 1. The fourth-order valence-electron chi connectivity index (χ4n) is 2.14. The van der Waals surface area contributed by atoms with Crippen molar-refractivity contribution >= 4 is 11.9 Å². The highest BCUT2D eigenvalue weighted by atomic mass is 19.4. The Morgan fingerprint density at radius 2 is 1.76 bits per heavy atom. The molecule has 1 atom stereocenters. The molecule has 0 aliphatic carbocycles. The van der Waals surface area contributed by atoms with Gasteiger partial charge in [0, 0.05) is 13.5 Å². The molecule has 0 aliphatic rings. The molecule has 1 aromatic carbocycles. The molecule has 0 aromatic heterocycles. The van der Waals surface area contributed by atoms with Crippen LogP contribution in [0.4, 0.5) is 13.2 Å². The van der Waals surface area contributed by atoms with Crippen LogP contribution in [0.15, 0.2) is 24.3 Å². The van der Waals surface area contributed by atoms with Gasteiger partial charge in [0.05, 0.1) is 13.7 Å². The summed E-state index contributed by atoms with van der Waals surface area (Å²) < 4.78 is 50.1. The van der Waals surface area contributed by atoms with Crippen molar-refractivity contribution in [3.8, 4) is 5.75 Å². The molecular formula is C16H21F3N2O4. The van der Waals surface area contributed by atoms with Crippen LogP contribution in [-0.2, 0) is 20.7 Å². The Morgan fingerprint density at radius 3 is 2.20 bits per heavy atom. The monoisotopic (exact) mass is 362 g/mol. The van der Waals surface area contributed by atoms with E-state index in [0.29, 0.717) is 5.75 Å². The molecule has 2 N–H and O–H groups in total. The topological polar surface area (TPSA) is 76.7 Å². The molecule has 0 aliphatic heterocycles. The summed E-state index contributed by atoms with van der Waals surface area (Å²) in [6.45, 7) is 1.80. The van der Waals surface area contributed by atoms with E-state index in [1.807, 2.05) is 0 Å². The molecular weight excluding hydrogens is 341 g/mol. The maximum absolute atomic E-state index is 13.5. The quantitative estimate of drug-likeness (QED) is 0.545. The predicted molar refractivity (Wildman–Crippen MR) is 83.9 cm³/mol. The summed E-state index contributed by atoms with van der Waals surface area (Å²) in [7, 11) is 1.50. The van der Waals surface area contributed by atoms with Crippen LogP contribution in [0.5, 0.6) is 5.75 Å². The van der Waals surface area contributed by atoms with Crippen molar-refractivity contribution in [1.29, 1.82) is 0 Å². The van der Waals surface area contributed by atoms with Gasteiger partial charge < -0.3 is 14.8 Å². The molecule has 0 bridgehead atoms. The minimum absolute atomic E-state index is 0.195.